The number of methoxy groups -OCH3 is 2. The molecule has 10 heteroatoms. The first-order chi connectivity index (χ1) is 17.1. The molecule has 0 aliphatic carbocycles. The van der Waals surface area contributed by atoms with Gasteiger partial charge in [0.05, 0.1) is 25.7 Å². The van der Waals surface area contributed by atoms with Crippen LogP contribution in [0.2, 0.25) is 0 Å². The zero-order chi connectivity index (χ0) is 24.6. The van der Waals surface area contributed by atoms with Gasteiger partial charge in [-0.1, -0.05) is 77.3 Å². The van der Waals surface area contributed by atoms with E-state index in [9.17, 15) is 4.79 Å². The summed E-state index contributed by atoms with van der Waals surface area (Å²) in [5.41, 5.74) is 5.34. The van der Waals surface area contributed by atoms with Gasteiger partial charge in [0.15, 0.2) is 20.2 Å². The molecule has 0 radical (unpaired) electrons. The maximum Gasteiger partial charge on any atom is 0.250 e. The summed E-state index contributed by atoms with van der Waals surface area (Å²) in [6.07, 6.45) is 0. The zero-order valence-electron chi connectivity index (χ0n) is 19.5. The second-order valence-corrected chi connectivity index (χ2v) is 10.8. The predicted octanol–water partition coefficient (Wildman–Crippen LogP) is 5.63. The normalized spacial score (nSPS) is 11.5. The van der Waals surface area contributed by atoms with E-state index in [1.165, 1.54) is 39.4 Å². The van der Waals surface area contributed by atoms with Crippen molar-refractivity contribution in [3.63, 3.8) is 0 Å². The molecule has 180 valence electrons. The highest BCUT2D eigenvalue weighted by molar-refractivity contribution is 8.03. The largest absolute Gasteiger partial charge is 0.493 e. The first kappa shape index (κ1) is 25.0. The van der Waals surface area contributed by atoms with Crippen molar-refractivity contribution >= 4 is 57.3 Å². The van der Waals surface area contributed by atoms with Crippen LogP contribution in [0, 0.1) is 0 Å². The summed E-state index contributed by atoms with van der Waals surface area (Å²) in [5.74, 6) is 2.04. The van der Waals surface area contributed by atoms with Gasteiger partial charge in [-0.25, -0.2) is 5.43 Å². The number of benzene rings is 3. The minimum absolute atomic E-state index is 0.200. The van der Waals surface area contributed by atoms with Gasteiger partial charge in [-0.05, 0) is 41.5 Å². The zero-order valence-corrected chi connectivity index (χ0v) is 21.9. The third-order valence-corrected chi connectivity index (χ3v) is 8.33. The first-order valence-electron chi connectivity index (χ1n) is 10.7. The fraction of sp³-hybridized carbons (Fsp3) is 0.200. The van der Waals surface area contributed by atoms with Crippen molar-refractivity contribution in [1.82, 2.24) is 15.6 Å². The lowest BCUT2D eigenvalue weighted by atomic mass is 10.1. The summed E-state index contributed by atoms with van der Waals surface area (Å²) in [6, 6.07) is 20.2. The van der Waals surface area contributed by atoms with E-state index in [2.05, 4.69) is 57.1 Å². The number of fused-ring (bicyclic) bond motifs is 1. The number of nitrogens with one attached hydrogen (secondary N) is 1. The molecule has 0 bridgehead atoms. The number of carbonyl (C=O) groups is 1. The molecule has 1 amide bonds. The van der Waals surface area contributed by atoms with Crippen molar-refractivity contribution in [2.45, 2.75) is 21.4 Å². The van der Waals surface area contributed by atoms with Gasteiger partial charge in [-0.15, -0.1) is 10.2 Å². The Bertz CT molecular complexity index is 1350. The van der Waals surface area contributed by atoms with Crippen molar-refractivity contribution < 1.29 is 14.3 Å². The number of rotatable bonds is 10. The van der Waals surface area contributed by atoms with Gasteiger partial charge < -0.3 is 9.47 Å². The van der Waals surface area contributed by atoms with Gasteiger partial charge >= 0.3 is 0 Å². The van der Waals surface area contributed by atoms with Crippen LogP contribution in [-0.2, 0) is 10.5 Å². The second kappa shape index (κ2) is 12.1. The Hall–Kier alpha value is -3.08. The van der Waals surface area contributed by atoms with Crippen molar-refractivity contribution in [1.29, 1.82) is 0 Å². The number of hydrazone groups is 1. The van der Waals surface area contributed by atoms with Gasteiger partial charge in [0.2, 0.25) is 0 Å². The molecule has 3 aromatic carbocycles. The van der Waals surface area contributed by atoms with E-state index >= 15 is 0 Å². The smallest absolute Gasteiger partial charge is 0.250 e. The number of aromatic nitrogens is 2. The number of hydrogen-bond donors (Lipinski definition) is 1. The minimum atomic E-state index is -0.213. The molecule has 0 saturated carbocycles. The van der Waals surface area contributed by atoms with Crippen molar-refractivity contribution in [3.8, 4) is 11.5 Å². The molecular weight excluding hydrogens is 501 g/mol. The van der Waals surface area contributed by atoms with E-state index < -0.39 is 0 Å². The van der Waals surface area contributed by atoms with Crippen LogP contribution < -0.4 is 14.9 Å². The van der Waals surface area contributed by atoms with E-state index in [0.717, 1.165) is 20.0 Å². The number of carbonyl (C=O) groups excluding carboxylic acids is 1. The maximum atomic E-state index is 12.3. The molecule has 0 unspecified atom stereocenters. The Labute approximate surface area is 216 Å². The first-order valence-corrected chi connectivity index (χ1v) is 13.5. The van der Waals surface area contributed by atoms with Crippen LogP contribution in [0.4, 0.5) is 0 Å². The van der Waals surface area contributed by atoms with Crippen LogP contribution in [0.25, 0.3) is 10.8 Å². The topological polar surface area (TPSA) is 85.7 Å². The van der Waals surface area contributed by atoms with Crippen LogP contribution in [0.3, 0.4) is 0 Å². The highest BCUT2D eigenvalue weighted by atomic mass is 32.2. The van der Waals surface area contributed by atoms with Gasteiger partial charge in [-0.3, -0.25) is 4.79 Å². The van der Waals surface area contributed by atoms with Crippen LogP contribution in [0.5, 0.6) is 11.5 Å². The van der Waals surface area contributed by atoms with Gasteiger partial charge in [-0.2, -0.15) is 5.10 Å². The molecule has 0 aliphatic rings. The van der Waals surface area contributed by atoms with E-state index in [-0.39, 0.29) is 11.7 Å². The predicted molar refractivity (Wildman–Crippen MR) is 144 cm³/mol. The van der Waals surface area contributed by atoms with E-state index in [1.54, 1.807) is 32.0 Å². The molecule has 7 nitrogen and oxygen atoms in total. The summed E-state index contributed by atoms with van der Waals surface area (Å²) in [7, 11) is 3.16. The quantitative estimate of drug-likeness (QED) is 0.163. The lowest BCUT2D eigenvalue weighted by Gasteiger charge is -2.09. The van der Waals surface area contributed by atoms with Crippen molar-refractivity contribution in [3.05, 3.63) is 71.8 Å². The van der Waals surface area contributed by atoms with Crippen LogP contribution in [-0.4, -0.2) is 41.8 Å². The molecular formula is C25H24N4O3S3. The molecule has 35 heavy (non-hydrogen) atoms. The standard InChI is InChI=1S/C25H24N4O3S3/c1-16(18-11-12-21(31-2)22(13-18)32-3)26-27-23(30)15-34-25-29-28-24(35-25)33-14-19-9-6-8-17-7-4-5-10-20(17)19/h4-13H,14-15H2,1-3H3,(H,27,30)/b26-16+. The van der Waals surface area contributed by atoms with Crippen LogP contribution >= 0.6 is 34.9 Å². The summed E-state index contributed by atoms with van der Waals surface area (Å²) in [6.45, 7) is 1.82. The van der Waals surface area contributed by atoms with E-state index in [0.29, 0.717) is 17.2 Å². The van der Waals surface area contributed by atoms with Crippen LogP contribution in [0.15, 0.2) is 74.4 Å². The molecule has 0 saturated heterocycles. The fourth-order valence-corrected chi connectivity index (χ4v) is 6.12. The molecule has 0 atom stereocenters. The number of nitrogens with zero attached hydrogens (tertiary/aromatic N) is 3. The third-order valence-electron chi connectivity index (χ3n) is 5.10. The lowest BCUT2D eigenvalue weighted by Crippen LogP contribution is -2.21. The van der Waals surface area contributed by atoms with Crippen molar-refractivity contribution in [2.75, 3.05) is 20.0 Å². The highest BCUT2D eigenvalue weighted by Gasteiger charge is 2.11. The molecule has 1 aromatic heterocycles. The Kier molecular flexibility index (Phi) is 8.62. The van der Waals surface area contributed by atoms with Gasteiger partial charge in [0.25, 0.3) is 5.91 Å². The number of hydrogen-bond acceptors (Lipinski definition) is 9. The average Bonchev–Trinajstić information content (AvgIpc) is 3.36. The molecule has 4 rings (SSSR count). The molecule has 0 spiro atoms. The number of thioether (sulfide) groups is 2. The molecule has 0 fully saturated rings. The Morgan fingerprint density at radius 3 is 2.51 bits per heavy atom. The van der Waals surface area contributed by atoms with E-state index in [1.807, 2.05) is 25.1 Å². The maximum absolute atomic E-state index is 12.3. The lowest BCUT2D eigenvalue weighted by molar-refractivity contribution is -0.118. The second-order valence-electron chi connectivity index (χ2n) is 7.35. The minimum Gasteiger partial charge on any atom is -0.493 e. The highest BCUT2D eigenvalue weighted by Crippen LogP contribution is 2.32. The molecule has 4 aromatic rings. The molecule has 1 heterocycles. The summed E-state index contributed by atoms with van der Waals surface area (Å²) in [5, 5.41) is 15.2. The third kappa shape index (κ3) is 6.53. The van der Waals surface area contributed by atoms with Gasteiger partial charge in [0, 0.05) is 11.3 Å². The summed E-state index contributed by atoms with van der Waals surface area (Å²) in [4.78, 5) is 12.3. The van der Waals surface area contributed by atoms with Crippen molar-refractivity contribution in [2.24, 2.45) is 5.10 Å². The van der Waals surface area contributed by atoms with E-state index in [4.69, 9.17) is 9.47 Å². The fourth-order valence-electron chi connectivity index (χ4n) is 3.30. The van der Waals surface area contributed by atoms with Gasteiger partial charge in [0.1, 0.15) is 0 Å². The molecule has 1 N–H and O–H groups in total. The average molecular weight is 525 g/mol. The monoisotopic (exact) mass is 524 g/mol. The molecule has 0 aliphatic heterocycles. The number of ether oxygens (including phenoxy) is 2. The Morgan fingerprint density at radius 1 is 0.971 bits per heavy atom. The van der Waals surface area contributed by atoms with Crippen LogP contribution in [0.1, 0.15) is 18.1 Å². The summed E-state index contributed by atoms with van der Waals surface area (Å²) >= 11 is 4.49. The SMILES string of the molecule is COc1ccc(/C(C)=N/NC(=O)CSc2nnc(SCc3cccc4ccccc34)s2)cc1OC. The Balaban J connectivity index is 1.28. The summed E-state index contributed by atoms with van der Waals surface area (Å²) < 4.78 is 12.2. The Morgan fingerprint density at radius 2 is 1.71 bits per heavy atom. The number of amides is 1.